The van der Waals surface area contributed by atoms with Gasteiger partial charge in [0.15, 0.2) is 5.82 Å². The van der Waals surface area contributed by atoms with Gasteiger partial charge in [0, 0.05) is 63.4 Å². The van der Waals surface area contributed by atoms with Gasteiger partial charge in [-0.15, -0.1) is 0 Å². The normalized spacial score (nSPS) is 21.4. The summed E-state index contributed by atoms with van der Waals surface area (Å²) >= 11 is 0. The molecule has 6 rings (SSSR count). The van der Waals surface area contributed by atoms with Crippen LogP contribution in [0.4, 0.5) is 11.6 Å². The molecule has 0 amide bonds. The zero-order valence-corrected chi connectivity index (χ0v) is 23.0. The number of nitrogens with zero attached hydrogens (tertiary/aromatic N) is 6. The van der Waals surface area contributed by atoms with Crippen LogP contribution in [-0.4, -0.2) is 46.0 Å². The minimum Gasteiger partial charge on any atom is -0.372 e. The minimum atomic E-state index is 0.131. The van der Waals surface area contributed by atoms with Crippen LogP contribution in [0.15, 0.2) is 24.3 Å². The van der Waals surface area contributed by atoms with Crippen LogP contribution in [0.5, 0.6) is 0 Å². The van der Waals surface area contributed by atoms with E-state index in [1.807, 2.05) is 4.68 Å². The molecule has 1 atom stereocenters. The first-order valence-corrected chi connectivity index (χ1v) is 13.9. The maximum atomic E-state index is 5.92. The highest BCUT2D eigenvalue weighted by molar-refractivity contribution is 5.68. The lowest BCUT2D eigenvalue weighted by Gasteiger charge is -2.41. The summed E-state index contributed by atoms with van der Waals surface area (Å²) in [5, 5.41) is 4.84. The highest BCUT2D eigenvalue weighted by Gasteiger charge is 2.33. The van der Waals surface area contributed by atoms with E-state index in [1.54, 1.807) is 0 Å². The molecule has 0 bridgehead atoms. The fourth-order valence-corrected chi connectivity index (χ4v) is 6.48. The Bertz CT molecular complexity index is 1290. The molecule has 1 aromatic carbocycles. The van der Waals surface area contributed by atoms with Gasteiger partial charge in [-0.1, -0.05) is 32.0 Å². The van der Waals surface area contributed by atoms with Crippen LogP contribution < -0.4 is 9.80 Å². The number of anilines is 2. The molecular formula is C30H40N6O. The van der Waals surface area contributed by atoms with Crippen molar-refractivity contribution >= 4 is 11.6 Å². The number of rotatable bonds is 4. The van der Waals surface area contributed by atoms with Crippen LogP contribution in [0.1, 0.15) is 73.7 Å². The molecule has 3 aliphatic rings. The van der Waals surface area contributed by atoms with E-state index < -0.39 is 0 Å². The summed E-state index contributed by atoms with van der Waals surface area (Å²) in [6.45, 7) is 13.7. The van der Waals surface area contributed by atoms with Crippen molar-refractivity contribution in [2.24, 2.45) is 12.5 Å². The van der Waals surface area contributed by atoms with E-state index in [0.29, 0.717) is 0 Å². The van der Waals surface area contributed by atoms with Gasteiger partial charge in [-0.25, -0.2) is 9.97 Å². The smallest absolute Gasteiger partial charge is 0.162 e. The van der Waals surface area contributed by atoms with Crippen molar-refractivity contribution in [3.8, 4) is 11.4 Å². The van der Waals surface area contributed by atoms with Crippen LogP contribution in [0, 0.1) is 19.3 Å². The van der Waals surface area contributed by atoms with E-state index in [1.165, 1.54) is 40.8 Å². The van der Waals surface area contributed by atoms with Crippen LogP contribution in [-0.2, 0) is 24.8 Å². The summed E-state index contributed by atoms with van der Waals surface area (Å²) in [7, 11) is 2.05. The van der Waals surface area contributed by atoms with E-state index in [2.05, 4.69) is 68.8 Å². The van der Waals surface area contributed by atoms with Crippen molar-refractivity contribution in [1.29, 1.82) is 0 Å². The lowest BCUT2D eigenvalue weighted by atomic mass is 9.84. The molecular weight excluding hydrogens is 460 g/mol. The second kappa shape index (κ2) is 9.43. The first kappa shape index (κ1) is 24.4. The summed E-state index contributed by atoms with van der Waals surface area (Å²) in [5.74, 6) is 3.16. The van der Waals surface area contributed by atoms with Gasteiger partial charge < -0.3 is 14.5 Å². The number of hydrogen-bond acceptors (Lipinski definition) is 6. The van der Waals surface area contributed by atoms with Crippen molar-refractivity contribution in [1.82, 2.24) is 19.7 Å². The second-order valence-corrected chi connectivity index (χ2v) is 12.0. The molecule has 0 radical (unpaired) electrons. The Morgan fingerprint density at radius 3 is 2.57 bits per heavy atom. The molecule has 1 unspecified atom stereocenters. The minimum absolute atomic E-state index is 0.131. The van der Waals surface area contributed by atoms with E-state index in [-0.39, 0.29) is 11.5 Å². The fraction of sp³-hybridized carbons (Fsp3) is 0.567. The maximum Gasteiger partial charge on any atom is 0.162 e. The van der Waals surface area contributed by atoms with Crippen LogP contribution in [0.2, 0.25) is 0 Å². The zero-order valence-electron chi connectivity index (χ0n) is 23.0. The third kappa shape index (κ3) is 4.63. The first-order valence-electron chi connectivity index (χ1n) is 13.9. The molecule has 0 aliphatic carbocycles. The molecule has 7 heteroatoms. The second-order valence-electron chi connectivity index (χ2n) is 12.0. The van der Waals surface area contributed by atoms with Crippen LogP contribution in [0.25, 0.3) is 11.4 Å². The summed E-state index contributed by atoms with van der Waals surface area (Å²) in [4.78, 5) is 15.5. The Labute approximate surface area is 220 Å². The van der Waals surface area contributed by atoms with Crippen LogP contribution in [0.3, 0.4) is 0 Å². The van der Waals surface area contributed by atoms with Crippen LogP contribution >= 0.6 is 0 Å². The Balaban J connectivity index is 1.40. The van der Waals surface area contributed by atoms with Gasteiger partial charge in [-0.2, -0.15) is 5.10 Å². The highest BCUT2D eigenvalue weighted by Crippen LogP contribution is 2.38. The number of aromatic nitrogens is 4. The lowest BCUT2D eigenvalue weighted by Crippen LogP contribution is -2.42. The molecule has 196 valence electrons. The Morgan fingerprint density at radius 1 is 1.03 bits per heavy atom. The molecule has 0 saturated carbocycles. The predicted octanol–water partition coefficient (Wildman–Crippen LogP) is 5.53. The van der Waals surface area contributed by atoms with Crippen molar-refractivity contribution in [3.63, 3.8) is 0 Å². The highest BCUT2D eigenvalue weighted by atomic mass is 16.5. The monoisotopic (exact) mass is 500 g/mol. The van der Waals surface area contributed by atoms with E-state index in [9.17, 15) is 0 Å². The standard InChI is InChI=1S/C30H40N6O/c1-20-9-6-10-21(2)27(20)28-31-23-12-15-35(26-17-24(33-34(26)5)25-11-7-16-37-25)18-22(23)29(32-28)36-14-8-13-30(3,4)19-36/h6,9-10,17,25H,7-8,11-16,18-19H2,1-5H3. The van der Waals surface area contributed by atoms with Crippen molar-refractivity contribution in [2.75, 3.05) is 36.0 Å². The lowest BCUT2D eigenvalue weighted by molar-refractivity contribution is 0.108. The van der Waals surface area contributed by atoms with Crippen molar-refractivity contribution in [3.05, 3.63) is 52.3 Å². The number of benzene rings is 1. The maximum absolute atomic E-state index is 5.92. The SMILES string of the molecule is Cc1cccc(C)c1-c1nc2c(c(N3CCCC(C)(C)C3)n1)CN(c1cc(C3CCCO3)nn1C)CC2. The average molecular weight is 501 g/mol. The third-order valence-electron chi connectivity index (χ3n) is 8.40. The summed E-state index contributed by atoms with van der Waals surface area (Å²) in [5.41, 5.74) is 7.46. The predicted molar refractivity (Wildman–Crippen MR) is 148 cm³/mol. The topological polar surface area (TPSA) is 59.3 Å². The zero-order chi connectivity index (χ0) is 25.7. The largest absolute Gasteiger partial charge is 0.372 e. The van der Waals surface area contributed by atoms with Gasteiger partial charge in [0.05, 0.1) is 11.4 Å². The quantitative estimate of drug-likeness (QED) is 0.469. The molecule has 3 aromatic rings. The Hall–Kier alpha value is -2.93. The number of piperidine rings is 1. The molecule has 5 heterocycles. The molecule has 3 aliphatic heterocycles. The van der Waals surface area contributed by atoms with Gasteiger partial charge in [0.1, 0.15) is 17.7 Å². The van der Waals surface area contributed by atoms with Gasteiger partial charge in [-0.3, -0.25) is 4.68 Å². The number of fused-ring (bicyclic) bond motifs is 1. The van der Waals surface area contributed by atoms with Crippen molar-refractivity contribution in [2.45, 2.75) is 72.4 Å². The number of aryl methyl sites for hydroxylation is 3. The molecule has 2 aromatic heterocycles. The van der Waals surface area contributed by atoms with E-state index in [4.69, 9.17) is 19.8 Å². The molecule has 2 saturated heterocycles. The first-order chi connectivity index (χ1) is 17.8. The fourth-order valence-electron chi connectivity index (χ4n) is 6.48. The third-order valence-corrected chi connectivity index (χ3v) is 8.40. The Kier molecular flexibility index (Phi) is 6.22. The van der Waals surface area contributed by atoms with Gasteiger partial charge in [-0.05, 0) is 56.1 Å². The van der Waals surface area contributed by atoms with Gasteiger partial charge in [0.25, 0.3) is 0 Å². The molecule has 2 fully saturated rings. The molecule has 0 N–H and O–H groups in total. The number of hydrogen-bond donors (Lipinski definition) is 0. The summed E-state index contributed by atoms with van der Waals surface area (Å²) < 4.78 is 7.95. The summed E-state index contributed by atoms with van der Waals surface area (Å²) in [6, 6.07) is 8.70. The molecule has 0 spiro atoms. The van der Waals surface area contributed by atoms with Gasteiger partial charge >= 0.3 is 0 Å². The van der Waals surface area contributed by atoms with Gasteiger partial charge in [0.2, 0.25) is 0 Å². The molecule has 7 nitrogen and oxygen atoms in total. The summed E-state index contributed by atoms with van der Waals surface area (Å²) in [6.07, 6.45) is 5.66. The number of ether oxygens (including phenoxy) is 1. The van der Waals surface area contributed by atoms with E-state index >= 15 is 0 Å². The van der Waals surface area contributed by atoms with Crippen molar-refractivity contribution < 1.29 is 4.74 Å². The Morgan fingerprint density at radius 2 is 1.84 bits per heavy atom. The molecule has 37 heavy (non-hydrogen) atoms. The van der Waals surface area contributed by atoms with E-state index in [0.717, 1.165) is 75.2 Å². The average Bonchev–Trinajstić information content (AvgIpc) is 3.52.